The summed E-state index contributed by atoms with van der Waals surface area (Å²) < 4.78 is 6.34. The molecule has 3 aliphatic carbocycles. The molecule has 0 unspecified atom stereocenters. The molecular weight excluding hydrogens is 362 g/mol. The van der Waals surface area contributed by atoms with E-state index in [4.69, 9.17) is 4.74 Å². The number of fused-ring (bicyclic) bond motifs is 3. The predicted octanol–water partition coefficient (Wildman–Crippen LogP) is 3.34. The molecular formula is C20H21N3O3S. The number of aromatic nitrogens is 1. The molecule has 1 aliphatic heterocycles. The molecule has 6 rings (SSSR count). The van der Waals surface area contributed by atoms with Gasteiger partial charge in [0.1, 0.15) is 5.75 Å². The van der Waals surface area contributed by atoms with E-state index in [9.17, 15) is 9.59 Å². The highest BCUT2D eigenvalue weighted by molar-refractivity contribution is 7.13. The zero-order valence-electron chi connectivity index (χ0n) is 15.0. The van der Waals surface area contributed by atoms with Crippen molar-refractivity contribution < 1.29 is 14.3 Å². The summed E-state index contributed by atoms with van der Waals surface area (Å²) >= 11 is 1.45. The average Bonchev–Trinajstić information content (AvgIpc) is 3.06. The van der Waals surface area contributed by atoms with E-state index in [1.54, 1.807) is 6.07 Å². The summed E-state index contributed by atoms with van der Waals surface area (Å²) in [5, 5.41) is 8.69. The molecule has 0 radical (unpaired) electrons. The largest absolute Gasteiger partial charge is 0.467 e. The molecule has 140 valence electrons. The topological polar surface area (TPSA) is 80.3 Å². The van der Waals surface area contributed by atoms with Gasteiger partial charge in [-0.25, -0.2) is 4.98 Å². The third kappa shape index (κ3) is 2.72. The lowest BCUT2D eigenvalue weighted by Gasteiger charge is -2.55. The maximum absolute atomic E-state index is 12.8. The molecule has 2 N–H and O–H groups in total. The summed E-state index contributed by atoms with van der Waals surface area (Å²) in [4.78, 5) is 29.8. The van der Waals surface area contributed by atoms with Gasteiger partial charge in [-0.1, -0.05) is 12.1 Å². The average molecular weight is 383 g/mol. The summed E-state index contributed by atoms with van der Waals surface area (Å²) in [5.41, 5.74) is 0.817. The lowest BCUT2D eigenvalue weighted by atomic mass is 9.60. The van der Waals surface area contributed by atoms with E-state index in [1.165, 1.54) is 11.3 Å². The van der Waals surface area contributed by atoms with E-state index in [0.29, 0.717) is 22.9 Å². The van der Waals surface area contributed by atoms with Crippen molar-refractivity contribution >= 4 is 28.3 Å². The van der Waals surface area contributed by atoms with Crippen LogP contribution in [0.4, 0.5) is 5.13 Å². The van der Waals surface area contributed by atoms with Crippen LogP contribution >= 0.6 is 11.3 Å². The standard InChI is InChI=1S/C20H21N3O3S/c1-11-10-27-19(21-11)22-17(24)15-8-13-7-6-12(15)9-20(13)23-18(25)14-4-2-3-5-16(14)26-20/h2-5,10,12-13,15H,6-9H2,1H3,(H,23,25)(H,21,22,24)/t12-,13+,15+,20+/m1/s1. The number of nitrogens with zero attached hydrogens (tertiary/aromatic N) is 1. The Morgan fingerprint density at radius 1 is 1.37 bits per heavy atom. The van der Waals surface area contributed by atoms with Crippen LogP contribution in [-0.4, -0.2) is 22.5 Å². The minimum absolute atomic E-state index is 0.0384. The van der Waals surface area contributed by atoms with E-state index in [2.05, 4.69) is 15.6 Å². The van der Waals surface area contributed by atoms with Crippen molar-refractivity contribution in [1.82, 2.24) is 10.3 Å². The van der Waals surface area contributed by atoms with Crippen LogP contribution in [0, 0.1) is 24.7 Å². The molecule has 1 aromatic heterocycles. The number of benzene rings is 1. The number of carbonyl (C=O) groups is 2. The normalized spacial score (nSPS) is 31.1. The molecule has 2 amide bonds. The van der Waals surface area contributed by atoms with Crippen LogP contribution in [0.3, 0.4) is 0 Å². The molecule has 3 saturated carbocycles. The van der Waals surface area contributed by atoms with Crippen LogP contribution in [0.1, 0.15) is 41.7 Å². The van der Waals surface area contributed by atoms with Crippen LogP contribution in [0.2, 0.25) is 0 Å². The zero-order valence-corrected chi connectivity index (χ0v) is 15.8. The fourth-order valence-electron chi connectivity index (χ4n) is 4.89. The summed E-state index contributed by atoms with van der Waals surface area (Å²) in [6, 6.07) is 7.37. The first-order chi connectivity index (χ1) is 13.0. The highest BCUT2D eigenvalue weighted by atomic mass is 32.1. The maximum Gasteiger partial charge on any atom is 0.258 e. The van der Waals surface area contributed by atoms with Crippen molar-refractivity contribution in [3.63, 3.8) is 0 Å². The van der Waals surface area contributed by atoms with E-state index < -0.39 is 5.72 Å². The van der Waals surface area contributed by atoms with Crippen molar-refractivity contribution in [2.75, 3.05) is 5.32 Å². The minimum atomic E-state index is -0.678. The van der Waals surface area contributed by atoms with Crippen LogP contribution in [0.25, 0.3) is 0 Å². The second-order valence-corrected chi connectivity index (χ2v) is 8.66. The molecule has 1 spiro atoms. The monoisotopic (exact) mass is 383 g/mol. The Hall–Kier alpha value is -2.41. The van der Waals surface area contributed by atoms with Gasteiger partial charge in [0, 0.05) is 23.6 Å². The van der Waals surface area contributed by atoms with Gasteiger partial charge in [0.15, 0.2) is 10.9 Å². The second-order valence-electron chi connectivity index (χ2n) is 7.81. The molecule has 2 aromatic rings. The number of rotatable bonds is 2. The van der Waals surface area contributed by atoms with Crippen molar-refractivity contribution in [2.45, 2.75) is 38.3 Å². The van der Waals surface area contributed by atoms with Crippen molar-refractivity contribution in [2.24, 2.45) is 17.8 Å². The van der Waals surface area contributed by atoms with Crippen LogP contribution in [0.15, 0.2) is 29.6 Å². The quantitative estimate of drug-likeness (QED) is 0.833. The molecule has 27 heavy (non-hydrogen) atoms. The van der Waals surface area contributed by atoms with E-state index in [-0.39, 0.29) is 29.6 Å². The van der Waals surface area contributed by atoms with Gasteiger partial charge in [-0.05, 0) is 44.2 Å². The third-order valence-corrected chi connectivity index (χ3v) is 7.03. The smallest absolute Gasteiger partial charge is 0.258 e. The second kappa shape index (κ2) is 6.05. The number of thiazole rings is 1. The summed E-state index contributed by atoms with van der Waals surface area (Å²) in [6.45, 7) is 1.92. The van der Waals surface area contributed by atoms with Gasteiger partial charge in [0.05, 0.1) is 11.3 Å². The maximum atomic E-state index is 12.8. The van der Waals surface area contributed by atoms with E-state index in [0.717, 1.165) is 25.0 Å². The molecule has 2 bridgehead atoms. The molecule has 0 saturated heterocycles. The van der Waals surface area contributed by atoms with Crippen LogP contribution in [-0.2, 0) is 4.79 Å². The number of anilines is 1. The lowest BCUT2D eigenvalue weighted by Crippen LogP contribution is -2.66. The number of para-hydroxylation sites is 1. The molecule has 3 fully saturated rings. The number of ether oxygens (including phenoxy) is 1. The fraction of sp³-hybridized carbons (Fsp3) is 0.450. The highest BCUT2D eigenvalue weighted by Gasteiger charge is 2.57. The van der Waals surface area contributed by atoms with E-state index in [1.807, 2.05) is 30.5 Å². The van der Waals surface area contributed by atoms with Gasteiger partial charge in [-0.3, -0.25) is 9.59 Å². The Labute approximate surface area is 161 Å². The Morgan fingerprint density at radius 2 is 2.22 bits per heavy atom. The van der Waals surface area contributed by atoms with Crippen molar-refractivity contribution in [3.05, 3.63) is 40.9 Å². The van der Waals surface area contributed by atoms with Gasteiger partial charge in [0.2, 0.25) is 5.91 Å². The minimum Gasteiger partial charge on any atom is -0.467 e. The summed E-state index contributed by atoms with van der Waals surface area (Å²) in [7, 11) is 0. The summed E-state index contributed by atoms with van der Waals surface area (Å²) in [6.07, 6.45) is 3.35. The Bertz CT molecular complexity index is 927. The number of amides is 2. The van der Waals surface area contributed by atoms with E-state index >= 15 is 0 Å². The third-order valence-electron chi connectivity index (χ3n) is 6.15. The summed E-state index contributed by atoms with van der Waals surface area (Å²) in [5.74, 6) is 0.875. The molecule has 6 nitrogen and oxygen atoms in total. The fourth-order valence-corrected chi connectivity index (χ4v) is 5.58. The molecule has 2 heterocycles. The zero-order chi connectivity index (χ0) is 18.6. The first kappa shape index (κ1) is 16.7. The number of carbonyl (C=O) groups excluding carboxylic acids is 2. The molecule has 4 aliphatic rings. The highest BCUT2D eigenvalue weighted by Crippen LogP contribution is 2.52. The Morgan fingerprint density at radius 3 is 2.96 bits per heavy atom. The van der Waals surface area contributed by atoms with Gasteiger partial charge in [0.25, 0.3) is 5.91 Å². The number of aryl methyl sites for hydroxylation is 1. The van der Waals surface area contributed by atoms with Gasteiger partial charge < -0.3 is 15.4 Å². The first-order valence-electron chi connectivity index (χ1n) is 9.38. The predicted molar refractivity (Wildman–Crippen MR) is 102 cm³/mol. The van der Waals surface area contributed by atoms with Crippen molar-refractivity contribution in [1.29, 1.82) is 0 Å². The number of hydrogen-bond acceptors (Lipinski definition) is 5. The Balaban J connectivity index is 1.36. The van der Waals surface area contributed by atoms with Gasteiger partial charge in [-0.2, -0.15) is 0 Å². The molecule has 7 heteroatoms. The SMILES string of the molecule is Cc1csc(NC(=O)[C@H]2C[C@@H]3CC[C@@H]2C[C@@]32NC(=O)c3ccccc3O2)n1. The van der Waals surface area contributed by atoms with Crippen molar-refractivity contribution in [3.8, 4) is 5.75 Å². The molecule has 4 atom stereocenters. The Kier molecular flexibility index (Phi) is 3.75. The first-order valence-corrected chi connectivity index (χ1v) is 10.3. The lowest BCUT2D eigenvalue weighted by molar-refractivity contribution is -0.142. The van der Waals surface area contributed by atoms with Crippen LogP contribution < -0.4 is 15.4 Å². The number of nitrogens with one attached hydrogen (secondary N) is 2. The molecule has 1 aromatic carbocycles. The van der Waals surface area contributed by atoms with Gasteiger partial charge >= 0.3 is 0 Å². The van der Waals surface area contributed by atoms with Crippen LogP contribution in [0.5, 0.6) is 5.75 Å². The van der Waals surface area contributed by atoms with Gasteiger partial charge in [-0.15, -0.1) is 11.3 Å². The number of hydrogen-bond donors (Lipinski definition) is 2.